The number of ether oxygens (including phenoxy) is 2. The molecule has 0 bridgehead atoms. The van der Waals surface area contributed by atoms with E-state index in [2.05, 4.69) is 28.2 Å². The quantitative estimate of drug-likeness (QED) is 0.866. The van der Waals surface area contributed by atoms with Gasteiger partial charge in [0.25, 0.3) is 0 Å². The van der Waals surface area contributed by atoms with Crippen molar-refractivity contribution in [3.63, 3.8) is 0 Å². The third-order valence-electron chi connectivity index (χ3n) is 5.09. The zero-order chi connectivity index (χ0) is 18.6. The van der Waals surface area contributed by atoms with Crippen molar-refractivity contribution in [2.24, 2.45) is 0 Å². The molecule has 0 radical (unpaired) electrons. The van der Waals surface area contributed by atoms with Gasteiger partial charge < -0.3 is 24.3 Å². The maximum Gasteiger partial charge on any atom is 0.317 e. The molecule has 1 saturated heterocycles. The molecule has 0 saturated carbocycles. The summed E-state index contributed by atoms with van der Waals surface area (Å²) in [5.41, 5.74) is 1.20. The molecule has 2 amide bonds. The van der Waals surface area contributed by atoms with E-state index in [-0.39, 0.29) is 12.1 Å². The first kappa shape index (κ1) is 17.7. The van der Waals surface area contributed by atoms with Crippen LogP contribution in [0.1, 0.15) is 18.5 Å². The summed E-state index contributed by atoms with van der Waals surface area (Å²) in [5, 5.41) is 3.02. The van der Waals surface area contributed by atoms with Gasteiger partial charge in [0.2, 0.25) is 6.79 Å². The molecule has 2 aliphatic heterocycles. The maximum absolute atomic E-state index is 12.4. The van der Waals surface area contributed by atoms with Gasteiger partial charge in [-0.2, -0.15) is 0 Å². The molecule has 2 aromatic rings. The van der Waals surface area contributed by atoms with Crippen LogP contribution in [0.3, 0.4) is 0 Å². The molecular formula is C19H25N5O3. The van der Waals surface area contributed by atoms with Gasteiger partial charge in [0.05, 0.1) is 6.33 Å². The lowest BCUT2D eigenvalue weighted by molar-refractivity contribution is 0.134. The highest BCUT2D eigenvalue weighted by Crippen LogP contribution is 2.32. The minimum atomic E-state index is 0.00435. The molecule has 144 valence electrons. The lowest BCUT2D eigenvalue weighted by atomic mass is 10.1. The summed E-state index contributed by atoms with van der Waals surface area (Å²) in [6.07, 6.45) is 5.43. The third-order valence-corrected chi connectivity index (χ3v) is 5.09. The standard InChI is InChI=1S/C19H25N5O3/c1-15(24-5-4-20-13-24)11-21-19(25)23-8-6-22(7-9-23)12-16-2-3-17-18(10-16)27-14-26-17/h2-5,10,13,15H,6-9,11-12,14H2,1H3,(H,21,25). The van der Waals surface area contributed by atoms with Gasteiger partial charge in [0, 0.05) is 57.7 Å². The number of hydrogen-bond acceptors (Lipinski definition) is 5. The van der Waals surface area contributed by atoms with Gasteiger partial charge in [0.1, 0.15) is 0 Å². The average Bonchev–Trinajstić information content (AvgIpc) is 3.38. The van der Waals surface area contributed by atoms with Crippen molar-refractivity contribution in [1.82, 2.24) is 24.7 Å². The first-order valence-electron chi connectivity index (χ1n) is 9.30. The highest BCUT2D eigenvalue weighted by Gasteiger charge is 2.22. The Kier molecular flexibility index (Phi) is 5.15. The number of benzene rings is 1. The van der Waals surface area contributed by atoms with E-state index < -0.39 is 0 Å². The number of piperazine rings is 1. The van der Waals surface area contributed by atoms with Gasteiger partial charge in [-0.15, -0.1) is 0 Å². The van der Waals surface area contributed by atoms with Crippen LogP contribution in [0.15, 0.2) is 36.9 Å². The second-order valence-electron chi connectivity index (χ2n) is 7.00. The molecule has 0 aliphatic carbocycles. The molecule has 3 heterocycles. The molecule has 1 aromatic heterocycles. The highest BCUT2D eigenvalue weighted by molar-refractivity contribution is 5.74. The summed E-state index contributed by atoms with van der Waals surface area (Å²) < 4.78 is 12.8. The Morgan fingerprint density at radius 1 is 1.22 bits per heavy atom. The molecule has 8 nitrogen and oxygen atoms in total. The van der Waals surface area contributed by atoms with Gasteiger partial charge in [-0.05, 0) is 24.6 Å². The van der Waals surface area contributed by atoms with E-state index in [0.717, 1.165) is 44.2 Å². The molecule has 2 aliphatic rings. The van der Waals surface area contributed by atoms with E-state index in [1.807, 2.05) is 27.8 Å². The van der Waals surface area contributed by atoms with E-state index in [4.69, 9.17) is 9.47 Å². The molecular weight excluding hydrogens is 346 g/mol. The fourth-order valence-electron chi connectivity index (χ4n) is 3.39. The summed E-state index contributed by atoms with van der Waals surface area (Å²) in [6.45, 7) is 6.98. The summed E-state index contributed by atoms with van der Waals surface area (Å²) >= 11 is 0. The zero-order valence-corrected chi connectivity index (χ0v) is 15.5. The number of amides is 2. The van der Waals surface area contributed by atoms with E-state index >= 15 is 0 Å². The van der Waals surface area contributed by atoms with E-state index in [1.165, 1.54) is 5.56 Å². The van der Waals surface area contributed by atoms with Gasteiger partial charge in [-0.25, -0.2) is 9.78 Å². The summed E-state index contributed by atoms with van der Waals surface area (Å²) in [4.78, 5) is 20.7. The Morgan fingerprint density at radius 3 is 2.81 bits per heavy atom. The lowest BCUT2D eigenvalue weighted by Crippen LogP contribution is -2.52. The number of rotatable bonds is 5. The lowest BCUT2D eigenvalue weighted by Gasteiger charge is -2.35. The molecule has 1 atom stereocenters. The van der Waals surface area contributed by atoms with Crippen molar-refractivity contribution in [3.05, 3.63) is 42.5 Å². The Morgan fingerprint density at radius 2 is 2.04 bits per heavy atom. The largest absolute Gasteiger partial charge is 0.454 e. The second-order valence-corrected chi connectivity index (χ2v) is 7.00. The predicted molar refractivity (Wildman–Crippen MR) is 99.8 cm³/mol. The number of imidazole rings is 1. The smallest absolute Gasteiger partial charge is 0.317 e. The number of carbonyl (C=O) groups excluding carboxylic acids is 1. The number of fused-ring (bicyclic) bond motifs is 1. The monoisotopic (exact) mass is 371 g/mol. The minimum absolute atomic E-state index is 0.00435. The molecule has 0 spiro atoms. The average molecular weight is 371 g/mol. The van der Waals surface area contributed by atoms with Crippen LogP contribution in [0.25, 0.3) is 0 Å². The third kappa shape index (κ3) is 4.16. The molecule has 1 aromatic carbocycles. The van der Waals surface area contributed by atoms with Crippen LogP contribution in [0.5, 0.6) is 11.5 Å². The second kappa shape index (κ2) is 7.87. The number of nitrogens with one attached hydrogen (secondary N) is 1. The van der Waals surface area contributed by atoms with Crippen molar-refractivity contribution in [3.8, 4) is 11.5 Å². The van der Waals surface area contributed by atoms with Gasteiger partial charge in [0.15, 0.2) is 11.5 Å². The predicted octanol–water partition coefficient (Wildman–Crippen LogP) is 1.70. The molecule has 8 heteroatoms. The number of carbonyl (C=O) groups is 1. The summed E-state index contributed by atoms with van der Waals surface area (Å²) in [6, 6.07) is 6.26. The van der Waals surface area contributed by atoms with Crippen LogP contribution in [-0.2, 0) is 6.54 Å². The van der Waals surface area contributed by atoms with Crippen LogP contribution >= 0.6 is 0 Å². The van der Waals surface area contributed by atoms with E-state index in [9.17, 15) is 4.79 Å². The Labute approximate surface area is 158 Å². The Balaban J connectivity index is 1.22. The van der Waals surface area contributed by atoms with Crippen molar-refractivity contribution < 1.29 is 14.3 Å². The summed E-state index contributed by atoms with van der Waals surface area (Å²) in [5.74, 6) is 1.63. The fourth-order valence-corrected chi connectivity index (χ4v) is 3.39. The first-order valence-corrected chi connectivity index (χ1v) is 9.30. The Bertz CT molecular complexity index is 772. The van der Waals surface area contributed by atoms with Crippen LogP contribution in [0.2, 0.25) is 0 Å². The number of aromatic nitrogens is 2. The molecule has 27 heavy (non-hydrogen) atoms. The topological polar surface area (TPSA) is 71.9 Å². The van der Waals surface area contributed by atoms with Crippen molar-refractivity contribution in [1.29, 1.82) is 0 Å². The molecule has 1 N–H and O–H groups in total. The zero-order valence-electron chi connectivity index (χ0n) is 15.5. The van der Waals surface area contributed by atoms with Gasteiger partial charge in [-0.3, -0.25) is 4.90 Å². The van der Waals surface area contributed by atoms with Crippen molar-refractivity contribution in [2.75, 3.05) is 39.5 Å². The number of hydrogen-bond donors (Lipinski definition) is 1. The van der Waals surface area contributed by atoms with Crippen molar-refractivity contribution in [2.45, 2.75) is 19.5 Å². The fraction of sp³-hybridized carbons (Fsp3) is 0.474. The number of nitrogens with zero attached hydrogens (tertiary/aromatic N) is 4. The van der Waals surface area contributed by atoms with Gasteiger partial charge in [-0.1, -0.05) is 6.07 Å². The highest BCUT2D eigenvalue weighted by atomic mass is 16.7. The molecule has 4 rings (SSSR count). The van der Waals surface area contributed by atoms with E-state index in [0.29, 0.717) is 13.3 Å². The first-order chi connectivity index (χ1) is 13.2. The molecule has 1 unspecified atom stereocenters. The molecule has 1 fully saturated rings. The van der Waals surface area contributed by atoms with Gasteiger partial charge >= 0.3 is 6.03 Å². The van der Waals surface area contributed by atoms with Crippen LogP contribution < -0.4 is 14.8 Å². The normalized spacial score (nSPS) is 17.7. The van der Waals surface area contributed by atoms with Crippen LogP contribution in [0.4, 0.5) is 4.79 Å². The van der Waals surface area contributed by atoms with Crippen LogP contribution in [-0.4, -0.2) is 64.9 Å². The SMILES string of the molecule is CC(CNC(=O)N1CCN(Cc2ccc3c(c2)OCO3)CC1)n1ccnc1. The van der Waals surface area contributed by atoms with Crippen molar-refractivity contribution >= 4 is 6.03 Å². The number of urea groups is 1. The minimum Gasteiger partial charge on any atom is -0.454 e. The maximum atomic E-state index is 12.4. The Hall–Kier alpha value is -2.74. The summed E-state index contributed by atoms with van der Waals surface area (Å²) in [7, 11) is 0. The van der Waals surface area contributed by atoms with Crippen LogP contribution in [0, 0.1) is 0 Å². The van der Waals surface area contributed by atoms with E-state index in [1.54, 1.807) is 12.5 Å².